The lowest BCUT2D eigenvalue weighted by molar-refractivity contribution is -0.141. The zero-order chi connectivity index (χ0) is 6.85. The van der Waals surface area contributed by atoms with E-state index in [2.05, 4.69) is 0 Å². The SMILES string of the molecule is CC(CC1CS1)C(=O)O. The Morgan fingerprint density at radius 3 is 2.89 bits per heavy atom. The van der Waals surface area contributed by atoms with Gasteiger partial charge in [-0.15, -0.1) is 0 Å². The fraction of sp³-hybridized carbons (Fsp3) is 0.833. The molecule has 1 N–H and O–H groups in total. The Hall–Kier alpha value is -0.180. The summed E-state index contributed by atoms with van der Waals surface area (Å²) in [5.74, 6) is 0.352. The minimum absolute atomic E-state index is 0.148. The molecule has 2 nitrogen and oxygen atoms in total. The summed E-state index contributed by atoms with van der Waals surface area (Å²) in [5.41, 5.74) is 0. The van der Waals surface area contributed by atoms with E-state index in [4.69, 9.17) is 5.11 Å². The highest BCUT2D eigenvalue weighted by atomic mass is 32.2. The summed E-state index contributed by atoms with van der Waals surface area (Å²) in [4.78, 5) is 10.3. The topological polar surface area (TPSA) is 37.3 Å². The fourth-order valence-electron chi connectivity index (χ4n) is 0.699. The van der Waals surface area contributed by atoms with Crippen LogP contribution in [-0.4, -0.2) is 22.1 Å². The van der Waals surface area contributed by atoms with E-state index in [1.54, 1.807) is 6.92 Å². The summed E-state index contributed by atoms with van der Waals surface area (Å²) in [7, 11) is 0. The summed E-state index contributed by atoms with van der Waals surface area (Å²) in [6.07, 6.45) is 0.847. The number of carbonyl (C=O) groups is 1. The van der Waals surface area contributed by atoms with Crippen molar-refractivity contribution in [1.82, 2.24) is 0 Å². The first-order valence-corrected chi connectivity index (χ1v) is 4.09. The van der Waals surface area contributed by atoms with Crippen molar-refractivity contribution in [3.8, 4) is 0 Å². The predicted molar refractivity (Wildman–Crippen MR) is 37.7 cm³/mol. The van der Waals surface area contributed by atoms with Crippen molar-refractivity contribution < 1.29 is 9.90 Å². The van der Waals surface area contributed by atoms with Gasteiger partial charge in [0.05, 0.1) is 5.92 Å². The van der Waals surface area contributed by atoms with Crippen molar-refractivity contribution in [2.24, 2.45) is 5.92 Å². The molecule has 1 rings (SSSR count). The lowest BCUT2D eigenvalue weighted by atomic mass is 10.1. The van der Waals surface area contributed by atoms with Gasteiger partial charge in [-0.2, -0.15) is 11.8 Å². The van der Waals surface area contributed by atoms with Crippen LogP contribution in [0.25, 0.3) is 0 Å². The molecule has 9 heavy (non-hydrogen) atoms. The average Bonchev–Trinajstić information content (AvgIpc) is 2.50. The summed E-state index contributed by atoms with van der Waals surface area (Å²) in [6.45, 7) is 1.77. The summed E-state index contributed by atoms with van der Waals surface area (Å²) < 4.78 is 0. The monoisotopic (exact) mass is 146 g/mol. The third-order valence-corrected chi connectivity index (χ3v) is 2.44. The second-order valence-electron chi connectivity index (χ2n) is 2.43. The van der Waals surface area contributed by atoms with Crippen LogP contribution in [0.5, 0.6) is 0 Å². The number of hydrogen-bond donors (Lipinski definition) is 1. The van der Waals surface area contributed by atoms with Crippen LogP contribution < -0.4 is 0 Å². The number of hydrogen-bond acceptors (Lipinski definition) is 2. The molecule has 52 valence electrons. The highest BCUT2D eigenvalue weighted by molar-refractivity contribution is 8.06. The smallest absolute Gasteiger partial charge is 0.306 e. The van der Waals surface area contributed by atoms with Crippen molar-refractivity contribution in [3.05, 3.63) is 0 Å². The highest BCUT2D eigenvalue weighted by Crippen LogP contribution is 2.35. The maximum Gasteiger partial charge on any atom is 0.306 e. The van der Waals surface area contributed by atoms with Gasteiger partial charge >= 0.3 is 5.97 Å². The number of carboxylic acid groups (broad SMARTS) is 1. The van der Waals surface area contributed by atoms with Gasteiger partial charge in [0.25, 0.3) is 0 Å². The summed E-state index contributed by atoms with van der Waals surface area (Å²) in [5, 5.41) is 9.10. The molecule has 0 radical (unpaired) electrons. The van der Waals surface area contributed by atoms with Gasteiger partial charge < -0.3 is 5.11 Å². The molecular formula is C6H10O2S. The van der Waals surface area contributed by atoms with E-state index < -0.39 is 5.97 Å². The van der Waals surface area contributed by atoms with Gasteiger partial charge in [0.2, 0.25) is 0 Å². The number of carboxylic acids is 1. The van der Waals surface area contributed by atoms with Crippen LogP contribution in [0.2, 0.25) is 0 Å². The van der Waals surface area contributed by atoms with Crippen molar-refractivity contribution in [2.45, 2.75) is 18.6 Å². The first kappa shape index (κ1) is 6.93. The second kappa shape index (κ2) is 2.60. The molecule has 0 bridgehead atoms. The lowest BCUT2D eigenvalue weighted by Gasteiger charge is -2.00. The van der Waals surface area contributed by atoms with Crippen LogP contribution >= 0.6 is 11.8 Å². The molecule has 0 spiro atoms. The first-order chi connectivity index (χ1) is 4.20. The maximum absolute atomic E-state index is 10.3. The molecule has 1 aliphatic heterocycles. The van der Waals surface area contributed by atoms with Crippen LogP contribution in [-0.2, 0) is 4.79 Å². The van der Waals surface area contributed by atoms with E-state index in [1.807, 2.05) is 11.8 Å². The van der Waals surface area contributed by atoms with E-state index in [0.29, 0.717) is 5.25 Å². The van der Waals surface area contributed by atoms with E-state index in [1.165, 1.54) is 0 Å². The Kier molecular flexibility index (Phi) is 2.01. The highest BCUT2D eigenvalue weighted by Gasteiger charge is 2.26. The van der Waals surface area contributed by atoms with E-state index >= 15 is 0 Å². The van der Waals surface area contributed by atoms with E-state index in [-0.39, 0.29) is 5.92 Å². The minimum atomic E-state index is -0.664. The molecular weight excluding hydrogens is 136 g/mol. The Bertz CT molecular complexity index is 120. The quantitative estimate of drug-likeness (QED) is 0.608. The molecule has 1 fully saturated rings. The summed E-state index contributed by atoms with van der Waals surface area (Å²) >= 11 is 1.85. The molecule has 0 aromatic heterocycles. The van der Waals surface area contributed by atoms with Gasteiger partial charge in [-0.05, 0) is 6.42 Å². The lowest BCUT2D eigenvalue weighted by Crippen LogP contribution is -2.10. The Labute approximate surface area is 58.6 Å². The third-order valence-electron chi connectivity index (χ3n) is 1.44. The van der Waals surface area contributed by atoms with Gasteiger partial charge in [0.1, 0.15) is 0 Å². The second-order valence-corrected chi connectivity index (χ2v) is 3.76. The molecule has 3 heteroatoms. The fourth-order valence-corrected chi connectivity index (χ4v) is 1.40. The molecule has 0 aromatic carbocycles. The van der Waals surface area contributed by atoms with Gasteiger partial charge in [-0.3, -0.25) is 4.79 Å². The van der Waals surface area contributed by atoms with Crippen molar-refractivity contribution in [2.75, 3.05) is 5.75 Å². The van der Waals surface area contributed by atoms with Crippen LogP contribution in [0.4, 0.5) is 0 Å². The molecule has 0 saturated carbocycles. The summed E-state index contributed by atoms with van der Waals surface area (Å²) in [6, 6.07) is 0. The van der Waals surface area contributed by atoms with E-state index in [9.17, 15) is 4.79 Å². The molecule has 0 aromatic rings. The zero-order valence-electron chi connectivity index (χ0n) is 5.33. The predicted octanol–water partition coefficient (Wildman–Crippen LogP) is 1.21. The van der Waals surface area contributed by atoms with Crippen molar-refractivity contribution >= 4 is 17.7 Å². The normalized spacial score (nSPS) is 27.4. The molecule has 2 atom stereocenters. The van der Waals surface area contributed by atoms with Gasteiger partial charge in [0.15, 0.2) is 0 Å². The van der Waals surface area contributed by atoms with Crippen LogP contribution in [0.15, 0.2) is 0 Å². The van der Waals surface area contributed by atoms with Crippen LogP contribution in [0.1, 0.15) is 13.3 Å². The van der Waals surface area contributed by atoms with Gasteiger partial charge in [-0.1, -0.05) is 6.92 Å². The Morgan fingerprint density at radius 2 is 2.56 bits per heavy atom. The van der Waals surface area contributed by atoms with Gasteiger partial charge in [-0.25, -0.2) is 0 Å². The van der Waals surface area contributed by atoms with E-state index in [0.717, 1.165) is 12.2 Å². The number of thioether (sulfide) groups is 1. The Balaban J connectivity index is 2.16. The molecule has 2 unspecified atom stereocenters. The zero-order valence-corrected chi connectivity index (χ0v) is 6.15. The maximum atomic E-state index is 10.3. The third kappa shape index (κ3) is 2.26. The van der Waals surface area contributed by atoms with Gasteiger partial charge in [0, 0.05) is 11.0 Å². The minimum Gasteiger partial charge on any atom is -0.481 e. The standard InChI is InChI=1S/C6H10O2S/c1-4(6(7)8)2-5-3-9-5/h4-5H,2-3H2,1H3,(H,7,8). The first-order valence-electron chi connectivity index (χ1n) is 3.04. The van der Waals surface area contributed by atoms with Crippen LogP contribution in [0.3, 0.4) is 0 Å². The number of rotatable bonds is 3. The Morgan fingerprint density at radius 1 is 2.00 bits per heavy atom. The van der Waals surface area contributed by atoms with Crippen LogP contribution in [0, 0.1) is 5.92 Å². The van der Waals surface area contributed by atoms with Crippen molar-refractivity contribution in [3.63, 3.8) is 0 Å². The van der Waals surface area contributed by atoms with Crippen molar-refractivity contribution in [1.29, 1.82) is 0 Å². The molecule has 0 amide bonds. The molecule has 0 aliphatic carbocycles. The number of aliphatic carboxylic acids is 1. The molecule has 1 heterocycles. The molecule has 1 saturated heterocycles. The molecule has 1 aliphatic rings. The largest absolute Gasteiger partial charge is 0.481 e. The average molecular weight is 146 g/mol.